The van der Waals surface area contributed by atoms with E-state index >= 15 is 0 Å². The standard InChI is InChI=1S/C20H19ClN4O4/c1-12(2)18(20(27)23-15-6-3-13(4-7-15)9-10-22)24-19(26)14-5-8-16(21)17(11-14)25(28)29/h3-8,11-12,18H,9H2,1-2H3,(H,23,27)(H,24,26)/t18-/m0/s1. The van der Waals surface area contributed by atoms with Crippen LogP contribution in [0.4, 0.5) is 11.4 Å². The van der Waals surface area contributed by atoms with E-state index in [4.69, 9.17) is 16.9 Å². The number of nitriles is 1. The Morgan fingerprint density at radius 2 is 1.86 bits per heavy atom. The van der Waals surface area contributed by atoms with Crippen molar-refractivity contribution in [3.8, 4) is 6.07 Å². The first-order valence-electron chi connectivity index (χ1n) is 8.74. The average molecular weight is 415 g/mol. The van der Waals surface area contributed by atoms with E-state index in [1.807, 2.05) is 6.07 Å². The SMILES string of the molecule is CC(C)[C@H](NC(=O)c1ccc(Cl)c([N+](=O)[O-])c1)C(=O)Nc1ccc(CC#N)cc1. The van der Waals surface area contributed by atoms with E-state index in [1.54, 1.807) is 38.1 Å². The highest BCUT2D eigenvalue weighted by molar-refractivity contribution is 6.32. The second-order valence-corrected chi connectivity index (χ2v) is 7.05. The van der Waals surface area contributed by atoms with Crippen molar-refractivity contribution in [1.82, 2.24) is 5.32 Å². The molecule has 0 aliphatic rings. The minimum absolute atomic E-state index is 0.0282. The summed E-state index contributed by atoms with van der Waals surface area (Å²) in [7, 11) is 0. The topological polar surface area (TPSA) is 125 Å². The average Bonchev–Trinajstić information content (AvgIpc) is 2.67. The normalized spacial score (nSPS) is 11.4. The van der Waals surface area contributed by atoms with Gasteiger partial charge in [0.05, 0.1) is 17.4 Å². The molecule has 0 spiro atoms. The third-order valence-corrected chi connectivity index (χ3v) is 4.47. The predicted octanol–water partition coefficient (Wildman–Crippen LogP) is 3.71. The van der Waals surface area contributed by atoms with Gasteiger partial charge in [0, 0.05) is 17.3 Å². The van der Waals surface area contributed by atoms with Gasteiger partial charge in [-0.3, -0.25) is 19.7 Å². The first-order valence-corrected chi connectivity index (χ1v) is 9.12. The number of rotatable bonds is 7. The van der Waals surface area contributed by atoms with Gasteiger partial charge in [0.15, 0.2) is 0 Å². The van der Waals surface area contributed by atoms with Gasteiger partial charge >= 0.3 is 0 Å². The van der Waals surface area contributed by atoms with Crippen LogP contribution < -0.4 is 10.6 Å². The molecule has 0 fully saturated rings. The van der Waals surface area contributed by atoms with Crippen molar-refractivity contribution < 1.29 is 14.5 Å². The number of nitrogens with one attached hydrogen (secondary N) is 2. The third kappa shape index (κ3) is 5.77. The highest BCUT2D eigenvalue weighted by Gasteiger charge is 2.26. The fourth-order valence-corrected chi connectivity index (χ4v) is 2.76. The lowest BCUT2D eigenvalue weighted by atomic mass is 10.0. The molecule has 2 rings (SSSR count). The molecule has 2 amide bonds. The molecule has 0 radical (unpaired) electrons. The van der Waals surface area contributed by atoms with Crippen LogP contribution in [0.3, 0.4) is 0 Å². The van der Waals surface area contributed by atoms with Crippen LogP contribution >= 0.6 is 11.6 Å². The summed E-state index contributed by atoms with van der Waals surface area (Å²) in [5, 5.41) is 25.0. The molecule has 0 saturated carbocycles. The van der Waals surface area contributed by atoms with Crippen LogP contribution in [0, 0.1) is 27.4 Å². The van der Waals surface area contributed by atoms with Crippen molar-refractivity contribution in [2.45, 2.75) is 26.3 Å². The molecule has 9 heteroatoms. The van der Waals surface area contributed by atoms with Crippen LogP contribution in [-0.4, -0.2) is 22.8 Å². The summed E-state index contributed by atoms with van der Waals surface area (Å²) in [6.07, 6.45) is 0.270. The van der Waals surface area contributed by atoms with Crippen LogP contribution in [0.5, 0.6) is 0 Å². The van der Waals surface area contributed by atoms with Crippen LogP contribution in [0.15, 0.2) is 42.5 Å². The Balaban J connectivity index is 2.14. The Kier molecular flexibility index (Phi) is 7.28. The molecule has 2 N–H and O–H groups in total. The molecule has 8 nitrogen and oxygen atoms in total. The Bertz CT molecular complexity index is 967. The second-order valence-electron chi connectivity index (χ2n) is 6.64. The van der Waals surface area contributed by atoms with Gasteiger partial charge in [0.2, 0.25) is 5.91 Å². The molecule has 0 aliphatic carbocycles. The predicted molar refractivity (Wildman–Crippen MR) is 109 cm³/mol. The number of nitro groups is 1. The molecular weight excluding hydrogens is 396 g/mol. The lowest BCUT2D eigenvalue weighted by Crippen LogP contribution is -2.47. The zero-order valence-electron chi connectivity index (χ0n) is 15.8. The van der Waals surface area contributed by atoms with E-state index in [0.29, 0.717) is 5.69 Å². The van der Waals surface area contributed by atoms with Crippen molar-refractivity contribution in [1.29, 1.82) is 5.26 Å². The first-order chi connectivity index (χ1) is 13.7. The van der Waals surface area contributed by atoms with Gasteiger partial charge in [-0.1, -0.05) is 37.6 Å². The van der Waals surface area contributed by atoms with E-state index in [9.17, 15) is 19.7 Å². The molecule has 0 unspecified atom stereocenters. The number of nitro benzene ring substituents is 1. The Labute approximate surface area is 172 Å². The molecular formula is C20H19ClN4O4. The van der Waals surface area contributed by atoms with Gasteiger partial charge in [-0.25, -0.2) is 0 Å². The second kappa shape index (κ2) is 9.66. The number of anilines is 1. The fraction of sp³-hybridized carbons (Fsp3) is 0.250. The summed E-state index contributed by atoms with van der Waals surface area (Å²) in [5.74, 6) is -1.29. The zero-order chi connectivity index (χ0) is 21.6. The Morgan fingerprint density at radius 3 is 2.41 bits per heavy atom. The zero-order valence-corrected chi connectivity index (χ0v) is 16.6. The largest absolute Gasteiger partial charge is 0.340 e. The number of amides is 2. The maximum absolute atomic E-state index is 12.7. The minimum Gasteiger partial charge on any atom is -0.340 e. The number of hydrogen-bond acceptors (Lipinski definition) is 5. The van der Waals surface area contributed by atoms with E-state index < -0.39 is 22.8 Å². The van der Waals surface area contributed by atoms with E-state index in [-0.39, 0.29) is 28.6 Å². The summed E-state index contributed by atoms with van der Waals surface area (Å²) < 4.78 is 0. The summed E-state index contributed by atoms with van der Waals surface area (Å²) in [6.45, 7) is 3.54. The van der Waals surface area contributed by atoms with Gasteiger partial charge in [-0.05, 0) is 35.7 Å². The smallest absolute Gasteiger partial charge is 0.288 e. The summed E-state index contributed by atoms with van der Waals surface area (Å²) >= 11 is 5.77. The number of halogens is 1. The molecule has 0 heterocycles. The number of hydrogen-bond donors (Lipinski definition) is 2. The lowest BCUT2D eigenvalue weighted by molar-refractivity contribution is -0.384. The maximum Gasteiger partial charge on any atom is 0.288 e. The van der Waals surface area contributed by atoms with Crippen molar-refractivity contribution in [3.05, 3.63) is 68.7 Å². The lowest BCUT2D eigenvalue weighted by Gasteiger charge is -2.22. The molecule has 0 aromatic heterocycles. The van der Waals surface area contributed by atoms with Crippen molar-refractivity contribution >= 4 is 34.8 Å². The van der Waals surface area contributed by atoms with E-state index in [1.165, 1.54) is 12.1 Å². The van der Waals surface area contributed by atoms with Gasteiger partial charge in [0.1, 0.15) is 11.1 Å². The molecule has 29 heavy (non-hydrogen) atoms. The fourth-order valence-electron chi connectivity index (χ4n) is 2.57. The summed E-state index contributed by atoms with van der Waals surface area (Å²) in [6, 6.07) is 11.7. The first kappa shape index (κ1) is 21.9. The van der Waals surface area contributed by atoms with Gasteiger partial charge in [-0.2, -0.15) is 5.26 Å². The van der Waals surface area contributed by atoms with E-state index in [0.717, 1.165) is 11.6 Å². The van der Waals surface area contributed by atoms with Gasteiger partial charge < -0.3 is 10.6 Å². The van der Waals surface area contributed by atoms with Gasteiger partial charge in [-0.15, -0.1) is 0 Å². The molecule has 0 aliphatic heterocycles. The molecule has 0 saturated heterocycles. The van der Waals surface area contributed by atoms with Crippen LogP contribution in [-0.2, 0) is 11.2 Å². The third-order valence-electron chi connectivity index (χ3n) is 4.15. The quantitative estimate of drug-likeness (QED) is 0.527. The molecule has 150 valence electrons. The number of nitrogens with zero attached hydrogens (tertiary/aromatic N) is 2. The molecule has 2 aromatic carbocycles. The maximum atomic E-state index is 12.7. The summed E-state index contributed by atoms with van der Waals surface area (Å²) in [5.41, 5.74) is 0.991. The monoisotopic (exact) mass is 414 g/mol. The van der Waals surface area contributed by atoms with Crippen molar-refractivity contribution in [3.63, 3.8) is 0 Å². The number of carbonyl (C=O) groups is 2. The van der Waals surface area contributed by atoms with Crippen LogP contribution in [0.2, 0.25) is 5.02 Å². The van der Waals surface area contributed by atoms with Crippen molar-refractivity contribution in [2.75, 3.05) is 5.32 Å². The molecule has 1 atom stereocenters. The number of carbonyl (C=O) groups excluding carboxylic acids is 2. The molecule has 0 bridgehead atoms. The number of benzene rings is 2. The minimum atomic E-state index is -0.865. The van der Waals surface area contributed by atoms with E-state index in [2.05, 4.69) is 10.6 Å². The Morgan fingerprint density at radius 1 is 1.21 bits per heavy atom. The highest BCUT2D eigenvalue weighted by atomic mass is 35.5. The van der Waals surface area contributed by atoms with Crippen LogP contribution in [0.1, 0.15) is 29.8 Å². The van der Waals surface area contributed by atoms with Crippen LogP contribution in [0.25, 0.3) is 0 Å². The highest BCUT2D eigenvalue weighted by Crippen LogP contribution is 2.25. The van der Waals surface area contributed by atoms with Gasteiger partial charge in [0.25, 0.3) is 11.6 Å². The summed E-state index contributed by atoms with van der Waals surface area (Å²) in [4.78, 5) is 35.5. The van der Waals surface area contributed by atoms with Crippen molar-refractivity contribution in [2.24, 2.45) is 5.92 Å². The Hall–Kier alpha value is -3.44. The molecule has 2 aromatic rings.